The second-order valence-corrected chi connectivity index (χ2v) is 8.75. The predicted molar refractivity (Wildman–Crippen MR) is 141 cm³/mol. The minimum absolute atomic E-state index is 0.281. The molecule has 4 nitrogen and oxygen atoms in total. The standard InChI is InChI=1S/C26H24F3N3OS.C2H6/c1-18-7-11-22(12-8-18)33-14-3-2-5-19-9-10-21(15-23(19)26(27,28)29)31-25-32-24(17-34-25)20-6-4-13-30-16-20;1-2/h4,6-13,15-17H,2-3,5,14H2,1H3,(H,31,32);1-2H3. The van der Waals surface area contributed by atoms with Crippen molar-refractivity contribution in [3.8, 4) is 17.0 Å². The molecular weight excluding hydrogens is 483 g/mol. The summed E-state index contributed by atoms with van der Waals surface area (Å²) in [6.45, 7) is 6.47. The predicted octanol–water partition coefficient (Wildman–Crippen LogP) is 8.70. The summed E-state index contributed by atoms with van der Waals surface area (Å²) in [5.41, 5.74) is 2.73. The number of hydrogen-bond acceptors (Lipinski definition) is 5. The molecule has 2 heterocycles. The zero-order valence-corrected chi connectivity index (χ0v) is 21.4. The zero-order valence-electron chi connectivity index (χ0n) is 20.6. The van der Waals surface area contributed by atoms with Gasteiger partial charge in [0.1, 0.15) is 5.75 Å². The lowest BCUT2D eigenvalue weighted by Crippen LogP contribution is -2.10. The van der Waals surface area contributed by atoms with Gasteiger partial charge in [-0.1, -0.05) is 37.6 Å². The number of benzene rings is 2. The van der Waals surface area contributed by atoms with E-state index >= 15 is 0 Å². The van der Waals surface area contributed by atoms with E-state index in [2.05, 4.69) is 15.3 Å². The summed E-state index contributed by atoms with van der Waals surface area (Å²) in [4.78, 5) is 8.53. The van der Waals surface area contributed by atoms with E-state index in [4.69, 9.17) is 4.74 Å². The minimum atomic E-state index is -4.44. The Morgan fingerprint density at radius 1 is 1.00 bits per heavy atom. The Kier molecular flexibility index (Phi) is 9.87. The van der Waals surface area contributed by atoms with Crippen molar-refractivity contribution in [3.05, 3.63) is 89.1 Å². The van der Waals surface area contributed by atoms with Gasteiger partial charge in [-0.15, -0.1) is 11.3 Å². The highest BCUT2D eigenvalue weighted by Gasteiger charge is 2.33. The molecule has 0 saturated heterocycles. The smallest absolute Gasteiger partial charge is 0.416 e. The van der Waals surface area contributed by atoms with Crippen molar-refractivity contribution in [2.75, 3.05) is 11.9 Å². The summed E-state index contributed by atoms with van der Waals surface area (Å²) in [7, 11) is 0. The number of aryl methyl sites for hydroxylation is 2. The van der Waals surface area contributed by atoms with Gasteiger partial charge in [-0.3, -0.25) is 4.98 Å². The number of unbranched alkanes of at least 4 members (excludes halogenated alkanes) is 1. The number of pyridine rings is 1. The van der Waals surface area contributed by atoms with Gasteiger partial charge in [-0.2, -0.15) is 13.2 Å². The van der Waals surface area contributed by atoms with E-state index in [0.717, 1.165) is 28.6 Å². The molecule has 2 aromatic carbocycles. The summed E-state index contributed by atoms with van der Waals surface area (Å²) >= 11 is 1.33. The number of ether oxygens (including phenoxy) is 1. The Balaban J connectivity index is 0.00000176. The Morgan fingerprint density at radius 3 is 2.47 bits per heavy atom. The molecule has 190 valence electrons. The third-order valence-corrected chi connectivity index (χ3v) is 6.02. The minimum Gasteiger partial charge on any atom is -0.494 e. The molecule has 0 bridgehead atoms. The van der Waals surface area contributed by atoms with Gasteiger partial charge in [-0.25, -0.2) is 4.98 Å². The molecule has 1 N–H and O–H groups in total. The van der Waals surface area contributed by atoms with Crippen LogP contribution >= 0.6 is 11.3 Å². The molecule has 0 radical (unpaired) electrons. The van der Waals surface area contributed by atoms with E-state index in [0.29, 0.717) is 36.7 Å². The van der Waals surface area contributed by atoms with E-state index in [1.807, 2.05) is 62.5 Å². The molecule has 0 atom stereocenters. The van der Waals surface area contributed by atoms with Crippen molar-refractivity contribution in [2.24, 2.45) is 0 Å². The first-order valence-electron chi connectivity index (χ1n) is 11.9. The SMILES string of the molecule is CC.Cc1ccc(OCCCCc2ccc(Nc3nc(-c4cccnc4)cs3)cc2C(F)(F)F)cc1. The summed E-state index contributed by atoms with van der Waals surface area (Å²) in [6, 6.07) is 15.8. The number of hydrogen-bond donors (Lipinski definition) is 1. The van der Waals surface area contributed by atoms with Crippen molar-refractivity contribution in [1.29, 1.82) is 0 Å². The van der Waals surface area contributed by atoms with Crippen LogP contribution in [0.5, 0.6) is 5.75 Å². The third-order valence-electron chi connectivity index (χ3n) is 5.26. The monoisotopic (exact) mass is 513 g/mol. The maximum absolute atomic E-state index is 13.7. The van der Waals surface area contributed by atoms with Crippen molar-refractivity contribution in [2.45, 2.75) is 46.2 Å². The van der Waals surface area contributed by atoms with Crippen LogP contribution in [0.3, 0.4) is 0 Å². The quantitative estimate of drug-likeness (QED) is 0.227. The molecular formula is C28H30F3N3OS. The molecule has 0 aliphatic rings. The van der Waals surface area contributed by atoms with Crippen LogP contribution in [0.4, 0.5) is 24.0 Å². The van der Waals surface area contributed by atoms with Crippen molar-refractivity contribution >= 4 is 22.2 Å². The van der Waals surface area contributed by atoms with E-state index in [1.165, 1.54) is 11.3 Å². The van der Waals surface area contributed by atoms with Gasteiger partial charge in [0.2, 0.25) is 0 Å². The Hall–Kier alpha value is -3.39. The number of aromatic nitrogens is 2. The van der Waals surface area contributed by atoms with Gasteiger partial charge in [-0.05, 0) is 68.1 Å². The number of thiazole rings is 1. The van der Waals surface area contributed by atoms with Gasteiger partial charge in [0.25, 0.3) is 0 Å². The summed E-state index contributed by atoms with van der Waals surface area (Å²) in [5, 5.41) is 5.36. The first kappa shape index (κ1) is 27.2. The molecule has 4 aromatic rings. The van der Waals surface area contributed by atoms with Crippen LogP contribution in [0.15, 0.2) is 72.4 Å². The lowest BCUT2D eigenvalue weighted by Gasteiger charge is -2.15. The first-order chi connectivity index (χ1) is 17.4. The molecule has 0 aliphatic heterocycles. The van der Waals surface area contributed by atoms with E-state index in [-0.39, 0.29) is 5.56 Å². The van der Waals surface area contributed by atoms with Crippen LogP contribution in [0.1, 0.15) is 43.4 Å². The number of nitrogens with zero attached hydrogens (tertiary/aromatic N) is 2. The second-order valence-electron chi connectivity index (χ2n) is 7.89. The highest BCUT2D eigenvalue weighted by Crippen LogP contribution is 2.36. The fourth-order valence-electron chi connectivity index (χ4n) is 3.48. The third kappa shape index (κ3) is 7.81. The van der Waals surface area contributed by atoms with Crippen molar-refractivity contribution < 1.29 is 17.9 Å². The summed E-state index contributed by atoms with van der Waals surface area (Å²) < 4.78 is 46.9. The van der Waals surface area contributed by atoms with Crippen LogP contribution in [-0.4, -0.2) is 16.6 Å². The lowest BCUT2D eigenvalue weighted by atomic mass is 10.0. The molecule has 36 heavy (non-hydrogen) atoms. The molecule has 0 unspecified atom stereocenters. The summed E-state index contributed by atoms with van der Waals surface area (Å²) in [5.74, 6) is 0.769. The lowest BCUT2D eigenvalue weighted by molar-refractivity contribution is -0.138. The number of rotatable bonds is 9. The zero-order chi connectivity index (χ0) is 26.0. The van der Waals surface area contributed by atoms with Crippen LogP contribution in [-0.2, 0) is 12.6 Å². The highest BCUT2D eigenvalue weighted by atomic mass is 32.1. The first-order valence-corrected chi connectivity index (χ1v) is 12.8. The topological polar surface area (TPSA) is 47.0 Å². The average molecular weight is 514 g/mol. The Labute approximate surface area is 214 Å². The van der Waals surface area contributed by atoms with Crippen LogP contribution in [0.25, 0.3) is 11.3 Å². The molecule has 8 heteroatoms. The number of nitrogens with one attached hydrogen (secondary N) is 1. The van der Waals surface area contributed by atoms with Gasteiger partial charge < -0.3 is 10.1 Å². The maximum Gasteiger partial charge on any atom is 0.416 e. The van der Waals surface area contributed by atoms with Crippen LogP contribution in [0.2, 0.25) is 0 Å². The number of anilines is 2. The van der Waals surface area contributed by atoms with Crippen LogP contribution < -0.4 is 10.1 Å². The molecule has 2 aromatic heterocycles. The number of alkyl halides is 3. The highest BCUT2D eigenvalue weighted by molar-refractivity contribution is 7.14. The number of halogens is 3. The second kappa shape index (κ2) is 13.1. The summed E-state index contributed by atoms with van der Waals surface area (Å²) in [6.07, 6.45) is 0.529. The molecule has 0 aliphatic carbocycles. The molecule has 0 spiro atoms. The fourth-order valence-corrected chi connectivity index (χ4v) is 4.22. The van der Waals surface area contributed by atoms with Crippen molar-refractivity contribution in [1.82, 2.24) is 9.97 Å². The van der Waals surface area contributed by atoms with E-state index < -0.39 is 11.7 Å². The van der Waals surface area contributed by atoms with Gasteiger partial charge >= 0.3 is 6.18 Å². The normalized spacial score (nSPS) is 10.9. The fraction of sp³-hybridized carbons (Fsp3) is 0.286. The van der Waals surface area contributed by atoms with E-state index in [1.54, 1.807) is 24.5 Å². The Morgan fingerprint density at radius 2 is 1.78 bits per heavy atom. The van der Waals surface area contributed by atoms with E-state index in [9.17, 15) is 13.2 Å². The average Bonchev–Trinajstić information content (AvgIpc) is 3.35. The molecule has 0 saturated carbocycles. The van der Waals surface area contributed by atoms with Gasteiger partial charge in [0.15, 0.2) is 5.13 Å². The molecule has 4 rings (SSSR count). The molecule has 0 amide bonds. The van der Waals surface area contributed by atoms with Gasteiger partial charge in [0, 0.05) is 29.0 Å². The maximum atomic E-state index is 13.7. The largest absolute Gasteiger partial charge is 0.494 e. The molecule has 0 fully saturated rings. The van der Waals surface area contributed by atoms with Crippen LogP contribution in [0, 0.1) is 6.92 Å². The van der Waals surface area contributed by atoms with Gasteiger partial charge in [0.05, 0.1) is 17.9 Å². The van der Waals surface area contributed by atoms with Crippen molar-refractivity contribution in [3.63, 3.8) is 0 Å². The Bertz CT molecular complexity index is 1210.